The van der Waals surface area contributed by atoms with Crippen LogP contribution >= 0.6 is 0 Å². The summed E-state index contributed by atoms with van der Waals surface area (Å²) < 4.78 is 25.2. The number of piperazine rings is 1. The highest BCUT2D eigenvalue weighted by atomic mass is 19.1. The van der Waals surface area contributed by atoms with E-state index in [-0.39, 0.29) is 36.3 Å². The Morgan fingerprint density at radius 3 is 2.51 bits per heavy atom. The van der Waals surface area contributed by atoms with Gasteiger partial charge in [0.1, 0.15) is 29.5 Å². The zero-order valence-corrected chi connectivity index (χ0v) is 23.7. The van der Waals surface area contributed by atoms with Gasteiger partial charge in [-0.05, 0) is 36.6 Å². The minimum Gasteiger partial charge on any atom is -0.493 e. The van der Waals surface area contributed by atoms with Crippen molar-refractivity contribution < 1.29 is 28.6 Å². The number of nitrogens with two attached hydrogens (primary N) is 1. The number of carbonyl (C=O) groups excluding carboxylic acids is 1. The van der Waals surface area contributed by atoms with Crippen LogP contribution in [0.5, 0.6) is 11.5 Å². The number of halogens is 1. The summed E-state index contributed by atoms with van der Waals surface area (Å²) in [5.74, 6) is -0.471. The number of anilines is 1. The van der Waals surface area contributed by atoms with E-state index < -0.39 is 5.97 Å². The maximum atomic E-state index is 13.5. The lowest BCUT2D eigenvalue weighted by atomic mass is 10.1. The van der Waals surface area contributed by atoms with Gasteiger partial charge in [0.25, 0.3) is 0 Å². The van der Waals surface area contributed by atoms with Gasteiger partial charge in [-0.25, -0.2) is 14.2 Å². The number of carboxylic acid groups (broad SMARTS) is 1. The second kappa shape index (κ2) is 13.9. The number of carboxylic acids is 1. The quantitative estimate of drug-likeness (QED) is 0.232. The number of rotatable bonds is 12. The summed E-state index contributed by atoms with van der Waals surface area (Å²) in [4.78, 5) is 37.9. The summed E-state index contributed by atoms with van der Waals surface area (Å²) in [7, 11) is 0. The van der Waals surface area contributed by atoms with Gasteiger partial charge < -0.3 is 30.1 Å². The topological polar surface area (TPSA) is 131 Å². The van der Waals surface area contributed by atoms with E-state index in [4.69, 9.17) is 15.2 Å². The van der Waals surface area contributed by atoms with Gasteiger partial charge in [0.05, 0.1) is 6.61 Å². The van der Waals surface area contributed by atoms with Gasteiger partial charge in [0.15, 0.2) is 11.4 Å². The molecule has 11 heteroatoms. The number of aromatic nitrogens is 2. The normalized spacial score (nSPS) is 13.3. The van der Waals surface area contributed by atoms with Gasteiger partial charge in [-0.1, -0.05) is 36.4 Å². The van der Waals surface area contributed by atoms with Crippen LogP contribution in [0, 0.1) is 5.82 Å². The molecule has 224 valence electrons. The molecule has 2 aromatic heterocycles. The lowest BCUT2D eigenvalue weighted by molar-refractivity contribution is -0.131. The van der Waals surface area contributed by atoms with Crippen molar-refractivity contribution in [3.8, 4) is 11.5 Å². The van der Waals surface area contributed by atoms with Gasteiger partial charge >= 0.3 is 5.97 Å². The first kappa shape index (κ1) is 29.7. The van der Waals surface area contributed by atoms with Crippen molar-refractivity contribution >= 4 is 28.6 Å². The van der Waals surface area contributed by atoms with Gasteiger partial charge in [-0.15, -0.1) is 0 Å². The summed E-state index contributed by atoms with van der Waals surface area (Å²) in [5.41, 5.74) is 7.55. The molecule has 5 rings (SSSR count). The fourth-order valence-corrected chi connectivity index (χ4v) is 5.07. The number of aromatic carboxylic acids is 1. The molecule has 0 atom stereocenters. The first-order valence-corrected chi connectivity index (χ1v) is 14.3. The molecule has 4 aromatic rings. The SMILES string of the molecule is NCc1ccc(F)cc1OCCCCC(=O)N1CCN(c2nc(C(=O)O)c(OCc3ccccc3)c3ncccc23)CC1. The largest absolute Gasteiger partial charge is 0.493 e. The minimum atomic E-state index is -1.20. The Morgan fingerprint density at radius 1 is 0.977 bits per heavy atom. The molecule has 0 saturated carbocycles. The van der Waals surface area contributed by atoms with Gasteiger partial charge in [-0.3, -0.25) is 9.78 Å². The average Bonchev–Trinajstić information content (AvgIpc) is 3.03. The van der Waals surface area contributed by atoms with E-state index in [1.54, 1.807) is 18.3 Å². The first-order valence-electron chi connectivity index (χ1n) is 14.3. The van der Waals surface area contributed by atoms with E-state index in [2.05, 4.69) is 9.97 Å². The van der Waals surface area contributed by atoms with E-state index in [1.807, 2.05) is 46.2 Å². The third kappa shape index (κ3) is 7.18. The molecule has 1 aliphatic heterocycles. The molecule has 10 nitrogen and oxygen atoms in total. The zero-order valence-electron chi connectivity index (χ0n) is 23.7. The Kier molecular flexibility index (Phi) is 9.63. The van der Waals surface area contributed by atoms with Crippen molar-refractivity contribution in [3.63, 3.8) is 0 Å². The first-order chi connectivity index (χ1) is 20.9. The number of unbranched alkanes of at least 4 members (excludes halogenated alkanes) is 1. The Morgan fingerprint density at radius 2 is 1.77 bits per heavy atom. The van der Waals surface area contributed by atoms with Crippen molar-refractivity contribution in [2.24, 2.45) is 5.73 Å². The predicted octanol–water partition coefficient (Wildman–Crippen LogP) is 4.40. The van der Waals surface area contributed by atoms with E-state index in [9.17, 15) is 19.1 Å². The zero-order chi connectivity index (χ0) is 30.2. The van der Waals surface area contributed by atoms with Crippen LogP contribution in [0.3, 0.4) is 0 Å². The monoisotopic (exact) mass is 587 g/mol. The van der Waals surface area contributed by atoms with Crippen LogP contribution in [0.25, 0.3) is 10.9 Å². The van der Waals surface area contributed by atoms with E-state index in [0.717, 1.165) is 11.1 Å². The number of fused-ring (bicyclic) bond motifs is 1. The number of hydrogen-bond donors (Lipinski definition) is 2. The molecule has 3 N–H and O–H groups in total. The number of amides is 1. The fraction of sp³-hybridized carbons (Fsp3) is 0.312. The predicted molar refractivity (Wildman–Crippen MR) is 160 cm³/mol. The molecule has 0 unspecified atom stereocenters. The number of ether oxygens (including phenoxy) is 2. The summed E-state index contributed by atoms with van der Waals surface area (Å²) in [6.07, 6.45) is 3.25. The highest BCUT2D eigenvalue weighted by Gasteiger charge is 2.27. The molecule has 0 radical (unpaired) electrons. The number of hydrogen-bond acceptors (Lipinski definition) is 8. The van der Waals surface area contributed by atoms with E-state index in [0.29, 0.717) is 74.5 Å². The molecule has 43 heavy (non-hydrogen) atoms. The maximum absolute atomic E-state index is 13.5. The molecule has 0 spiro atoms. The molecule has 0 bridgehead atoms. The smallest absolute Gasteiger partial charge is 0.358 e. The molecular formula is C32H34FN5O5. The molecule has 2 aromatic carbocycles. The van der Waals surface area contributed by atoms with Crippen molar-refractivity contribution in [2.45, 2.75) is 32.4 Å². The van der Waals surface area contributed by atoms with Crippen molar-refractivity contribution in [1.29, 1.82) is 0 Å². The van der Waals surface area contributed by atoms with Gasteiger partial charge in [-0.2, -0.15) is 0 Å². The standard InChI is InChI=1S/C32H34FN5O5/c33-24-12-11-23(20-34)26(19-24)42-18-5-4-10-27(39)37-14-16-38(17-15-37)31-25-9-6-13-35-28(25)30(29(36-31)32(40)41)43-21-22-7-2-1-3-8-22/h1-3,6-9,11-13,19H,4-5,10,14-18,20-21,34H2,(H,40,41). The summed E-state index contributed by atoms with van der Waals surface area (Å²) >= 11 is 0. The van der Waals surface area contributed by atoms with Crippen molar-refractivity contribution in [3.05, 3.63) is 89.5 Å². The van der Waals surface area contributed by atoms with Crippen LogP contribution in [0.2, 0.25) is 0 Å². The Labute approximate surface area is 248 Å². The van der Waals surface area contributed by atoms with Crippen LogP contribution in [0.15, 0.2) is 66.9 Å². The Bertz CT molecular complexity index is 1580. The summed E-state index contributed by atoms with van der Waals surface area (Å²) in [5, 5.41) is 10.7. The molecule has 1 saturated heterocycles. The fourth-order valence-electron chi connectivity index (χ4n) is 5.07. The van der Waals surface area contributed by atoms with Crippen LogP contribution in [-0.4, -0.2) is 64.6 Å². The number of benzene rings is 2. The Balaban J connectivity index is 1.19. The highest BCUT2D eigenvalue weighted by Crippen LogP contribution is 2.34. The van der Waals surface area contributed by atoms with Crippen LogP contribution in [-0.2, 0) is 17.9 Å². The van der Waals surface area contributed by atoms with Gasteiger partial charge in [0.2, 0.25) is 5.91 Å². The lowest BCUT2D eigenvalue weighted by Crippen LogP contribution is -2.49. The minimum absolute atomic E-state index is 0.0448. The molecule has 1 fully saturated rings. The third-order valence-electron chi connectivity index (χ3n) is 7.35. The van der Waals surface area contributed by atoms with E-state index in [1.165, 1.54) is 12.1 Å². The highest BCUT2D eigenvalue weighted by molar-refractivity contribution is 6.01. The van der Waals surface area contributed by atoms with Crippen LogP contribution in [0.1, 0.15) is 40.9 Å². The van der Waals surface area contributed by atoms with Crippen LogP contribution < -0.4 is 20.1 Å². The Hall–Kier alpha value is -4.77. The van der Waals surface area contributed by atoms with E-state index >= 15 is 0 Å². The number of pyridine rings is 2. The molecule has 0 aliphatic carbocycles. The summed E-state index contributed by atoms with van der Waals surface area (Å²) in [6, 6.07) is 17.4. The molecule has 1 amide bonds. The molecular weight excluding hydrogens is 553 g/mol. The third-order valence-corrected chi connectivity index (χ3v) is 7.35. The molecule has 3 heterocycles. The second-order valence-electron chi connectivity index (χ2n) is 10.2. The average molecular weight is 588 g/mol. The van der Waals surface area contributed by atoms with Crippen molar-refractivity contribution in [1.82, 2.24) is 14.9 Å². The maximum Gasteiger partial charge on any atom is 0.358 e. The lowest BCUT2D eigenvalue weighted by Gasteiger charge is -2.36. The summed E-state index contributed by atoms with van der Waals surface area (Å²) in [6.45, 7) is 2.76. The molecule has 1 aliphatic rings. The number of carbonyl (C=O) groups is 2. The second-order valence-corrected chi connectivity index (χ2v) is 10.2. The number of nitrogens with zero attached hydrogens (tertiary/aromatic N) is 4. The van der Waals surface area contributed by atoms with Gasteiger partial charge in [0, 0.05) is 62.4 Å². The van der Waals surface area contributed by atoms with Crippen LogP contribution in [0.4, 0.5) is 10.2 Å². The van der Waals surface area contributed by atoms with Crippen molar-refractivity contribution in [2.75, 3.05) is 37.7 Å².